The van der Waals surface area contributed by atoms with Crippen LogP contribution in [0, 0.1) is 0 Å². The number of rotatable bonds is 8. The molecule has 0 saturated carbocycles. The molecule has 0 heterocycles. The molecular weight excluding hydrogens is 236 g/mol. The van der Waals surface area contributed by atoms with Crippen LogP contribution in [-0.2, 0) is 16.1 Å². The van der Waals surface area contributed by atoms with Gasteiger partial charge in [0, 0.05) is 20.3 Å². The van der Waals surface area contributed by atoms with E-state index in [0.29, 0.717) is 18.8 Å². The standard InChI is InChI=1S/C13H18O5/c1-17-6-2-3-7-18-9-10-8-11(14)4-5-12(10)13(15)16/h4-5,8,14H,2-3,6-7,9H2,1H3,(H,15,16). The number of benzene rings is 1. The summed E-state index contributed by atoms with van der Waals surface area (Å²) in [5, 5.41) is 18.3. The highest BCUT2D eigenvalue weighted by Crippen LogP contribution is 2.17. The van der Waals surface area contributed by atoms with Crippen LogP contribution in [0.25, 0.3) is 0 Å². The van der Waals surface area contributed by atoms with Crippen LogP contribution >= 0.6 is 0 Å². The number of hydrogen-bond acceptors (Lipinski definition) is 4. The van der Waals surface area contributed by atoms with E-state index in [9.17, 15) is 9.90 Å². The van der Waals surface area contributed by atoms with Crippen molar-refractivity contribution >= 4 is 5.97 Å². The van der Waals surface area contributed by atoms with Crippen molar-refractivity contribution in [3.05, 3.63) is 29.3 Å². The summed E-state index contributed by atoms with van der Waals surface area (Å²) in [6.45, 7) is 1.41. The number of methoxy groups -OCH3 is 1. The first-order valence-corrected chi connectivity index (χ1v) is 5.77. The number of aromatic hydroxyl groups is 1. The van der Waals surface area contributed by atoms with Crippen molar-refractivity contribution in [1.82, 2.24) is 0 Å². The normalized spacial score (nSPS) is 10.5. The fraction of sp³-hybridized carbons (Fsp3) is 0.462. The van der Waals surface area contributed by atoms with Crippen molar-refractivity contribution in [1.29, 1.82) is 0 Å². The van der Waals surface area contributed by atoms with Gasteiger partial charge in [-0.1, -0.05) is 0 Å². The molecule has 0 fully saturated rings. The summed E-state index contributed by atoms with van der Waals surface area (Å²) < 4.78 is 10.3. The predicted octanol–water partition coefficient (Wildman–Crippen LogP) is 2.03. The molecule has 18 heavy (non-hydrogen) atoms. The molecule has 0 atom stereocenters. The van der Waals surface area contributed by atoms with E-state index >= 15 is 0 Å². The smallest absolute Gasteiger partial charge is 0.336 e. The van der Waals surface area contributed by atoms with Crippen LogP contribution in [0.5, 0.6) is 5.75 Å². The number of hydrogen-bond donors (Lipinski definition) is 2. The Morgan fingerprint density at radius 3 is 2.67 bits per heavy atom. The van der Waals surface area contributed by atoms with Gasteiger partial charge in [0.05, 0.1) is 12.2 Å². The second-order valence-electron chi connectivity index (χ2n) is 3.90. The highest BCUT2D eigenvalue weighted by atomic mass is 16.5. The second kappa shape index (κ2) is 7.68. The van der Waals surface area contributed by atoms with Crippen molar-refractivity contribution in [2.24, 2.45) is 0 Å². The predicted molar refractivity (Wildman–Crippen MR) is 65.8 cm³/mol. The van der Waals surface area contributed by atoms with E-state index < -0.39 is 5.97 Å². The molecule has 0 bridgehead atoms. The van der Waals surface area contributed by atoms with Crippen LogP contribution in [-0.4, -0.2) is 36.5 Å². The third kappa shape index (κ3) is 4.73. The zero-order valence-corrected chi connectivity index (χ0v) is 10.4. The maximum absolute atomic E-state index is 11.0. The second-order valence-corrected chi connectivity index (χ2v) is 3.90. The van der Waals surface area contributed by atoms with Gasteiger partial charge in [-0.25, -0.2) is 4.79 Å². The molecule has 0 amide bonds. The number of carboxylic acids is 1. The Bertz CT molecular complexity index is 389. The van der Waals surface area contributed by atoms with Gasteiger partial charge in [0.2, 0.25) is 0 Å². The Hall–Kier alpha value is -1.59. The lowest BCUT2D eigenvalue weighted by Crippen LogP contribution is -2.05. The largest absolute Gasteiger partial charge is 0.508 e. The monoisotopic (exact) mass is 254 g/mol. The van der Waals surface area contributed by atoms with E-state index in [-0.39, 0.29) is 17.9 Å². The van der Waals surface area contributed by atoms with Crippen molar-refractivity contribution in [2.75, 3.05) is 20.3 Å². The SMILES string of the molecule is COCCCCOCc1cc(O)ccc1C(=O)O. The summed E-state index contributed by atoms with van der Waals surface area (Å²) in [4.78, 5) is 11.0. The fourth-order valence-corrected chi connectivity index (χ4v) is 1.54. The molecule has 1 aromatic carbocycles. The lowest BCUT2D eigenvalue weighted by atomic mass is 10.1. The molecule has 1 aromatic rings. The van der Waals surface area contributed by atoms with Gasteiger partial charge >= 0.3 is 5.97 Å². The van der Waals surface area contributed by atoms with Gasteiger partial charge in [-0.05, 0) is 36.6 Å². The van der Waals surface area contributed by atoms with Crippen molar-refractivity contribution < 1.29 is 24.5 Å². The minimum absolute atomic E-state index is 0.0398. The first-order chi connectivity index (χ1) is 8.65. The van der Waals surface area contributed by atoms with Crippen molar-refractivity contribution in [3.63, 3.8) is 0 Å². The van der Waals surface area contributed by atoms with Crippen LogP contribution in [0.1, 0.15) is 28.8 Å². The Morgan fingerprint density at radius 1 is 1.28 bits per heavy atom. The Balaban J connectivity index is 2.45. The van der Waals surface area contributed by atoms with E-state index in [2.05, 4.69) is 0 Å². The van der Waals surface area contributed by atoms with Gasteiger partial charge in [-0.2, -0.15) is 0 Å². The molecule has 0 aliphatic heterocycles. The van der Waals surface area contributed by atoms with E-state index in [1.165, 1.54) is 18.2 Å². The van der Waals surface area contributed by atoms with Crippen molar-refractivity contribution in [3.8, 4) is 5.75 Å². The lowest BCUT2D eigenvalue weighted by molar-refractivity contribution is 0.0685. The molecule has 0 aliphatic carbocycles. The number of unbranched alkanes of at least 4 members (excludes halogenated alkanes) is 1. The van der Waals surface area contributed by atoms with Crippen LogP contribution < -0.4 is 0 Å². The third-order valence-electron chi connectivity index (χ3n) is 2.46. The molecule has 2 N–H and O–H groups in total. The highest BCUT2D eigenvalue weighted by Gasteiger charge is 2.10. The summed E-state index contributed by atoms with van der Waals surface area (Å²) in [6.07, 6.45) is 1.76. The summed E-state index contributed by atoms with van der Waals surface area (Å²) >= 11 is 0. The number of carboxylic acid groups (broad SMARTS) is 1. The number of phenolic OH excluding ortho intramolecular Hbond substituents is 1. The molecule has 0 unspecified atom stereocenters. The van der Waals surface area contributed by atoms with Crippen LogP contribution in [0.4, 0.5) is 0 Å². The molecule has 0 radical (unpaired) electrons. The number of carbonyl (C=O) groups is 1. The molecule has 5 heteroatoms. The highest BCUT2D eigenvalue weighted by molar-refractivity contribution is 5.89. The topological polar surface area (TPSA) is 76.0 Å². The first-order valence-electron chi connectivity index (χ1n) is 5.77. The Kier molecular flexibility index (Phi) is 6.18. The van der Waals surface area contributed by atoms with Crippen LogP contribution in [0.15, 0.2) is 18.2 Å². The summed E-state index contributed by atoms with van der Waals surface area (Å²) in [7, 11) is 1.65. The zero-order valence-electron chi connectivity index (χ0n) is 10.4. The van der Waals surface area contributed by atoms with Gasteiger partial charge in [0.1, 0.15) is 5.75 Å². The maximum Gasteiger partial charge on any atom is 0.336 e. The summed E-state index contributed by atoms with van der Waals surface area (Å²) in [5.41, 5.74) is 0.638. The molecule has 100 valence electrons. The van der Waals surface area contributed by atoms with E-state index in [0.717, 1.165) is 12.8 Å². The maximum atomic E-state index is 11.0. The minimum Gasteiger partial charge on any atom is -0.508 e. The van der Waals surface area contributed by atoms with E-state index in [4.69, 9.17) is 14.6 Å². The van der Waals surface area contributed by atoms with Crippen LogP contribution in [0.3, 0.4) is 0 Å². The molecule has 5 nitrogen and oxygen atoms in total. The average molecular weight is 254 g/mol. The van der Waals surface area contributed by atoms with Crippen molar-refractivity contribution in [2.45, 2.75) is 19.4 Å². The Labute approximate surface area is 106 Å². The molecule has 0 aromatic heterocycles. The summed E-state index contributed by atoms with van der Waals surface area (Å²) in [5.74, 6) is -0.981. The number of phenols is 1. The van der Waals surface area contributed by atoms with Crippen LogP contribution in [0.2, 0.25) is 0 Å². The average Bonchev–Trinajstić information content (AvgIpc) is 2.33. The van der Waals surface area contributed by atoms with E-state index in [1.807, 2.05) is 0 Å². The zero-order chi connectivity index (χ0) is 13.4. The van der Waals surface area contributed by atoms with E-state index in [1.54, 1.807) is 7.11 Å². The minimum atomic E-state index is -1.02. The molecule has 0 aliphatic rings. The van der Waals surface area contributed by atoms with Gasteiger partial charge in [0.15, 0.2) is 0 Å². The number of aromatic carboxylic acids is 1. The number of ether oxygens (including phenoxy) is 2. The molecule has 0 spiro atoms. The lowest BCUT2D eigenvalue weighted by Gasteiger charge is -2.08. The van der Waals surface area contributed by atoms with Gasteiger partial charge < -0.3 is 19.7 Å². The third-order valence-corrected chi connectivity index (χ3v) is 2.46. The van der Waals surface area contributed by atoms with Gasteiger partial charge in [-0.3, -0.25) is 0 Å². The van der Waals surface area contributed by atoms with Gasteiger partial charge in [-0.15, -0.1) is 0 Å². The summed E-state index contributed by atoms with van der Waals surface area (Å²) in [6, 6.07) is 4.14. The van der Waals surface area contributed by atoms with Gasteiger partial charge in [0.25, 0.3) is 0 Å². The molecule has 0 saturated heterocycles. The molecular formula is C13H18O5. The first kappa shape index (κ1) is 14.5. The fourth-order valence-electron chi connectivity index (χ4n) is 1.54. The Morgan fingerprint density at radius 2 is 2.00 bits per heavy atom. The molecule has 1 rings (SSSR count). The quantitative estimate of drug-likeness (QED) is 0.694.